The van der Waals surface area contributed by atoms with Crippen LogP contribution in [0.3, 0.4) is 0 Å². The fourth-order valence-corrected chi connectivity index (χ4v) is 5.33. The van der Waals surface area contributed by atoms with Crippen molar-refractivity contribution in [3.8, 4) is 0 Å². The van der Waals surface area contributed by atoms with Crippen molar-refractivity contribution < 1.29 is 13.2 Å². The molecule has 2 aliphatic rings. The van der Waals surface area contributed by atoms with Gasteiger partial charge in [-0.2, -0.15) is 4.31 Å². The molecule has 2 saturated heterocycles. The Bertz CT molecular complexity index is 710. The van der Waals surface area contributed by atoms with E-state index in [-0.39, 0.29) is 6.04 Å². The topological polar surface area (TPSA) is 53.1 Å². The van der Waals surface area contributed by atoms with Gasteiger partial charge < -0.3 is 4.74 Å². The molecule has 2 heterocycles. The minimum atomic E-state index is -3.24. The quantitative estimate of drug-likeness (QED) is 0.680. The molecule has 0 aliphatic carbocycles. The van der Waals surface area contributed by atoms with Gasteiger partial charge in [0.1, 0.15) is 0 Å². The van der Waals surface area contributed by atoms with E-state index in [4.69, 9.17) is 16.3 Å². The number of halogens is 1. The summed E-state index contributed by atoms with van der Waals surface area (Å²) in [5.41, 5.74) is 1.17. The first-order valence-electron chi connectivity index (χ1n) is 9.65. The molecule has 1 atom stereocenters. The summed E-state index contributed by atoms with van der Waals surface area (Å²) in [6, 6.07) is 7.93. The molecule has 0 aromatic heterocycles. The largest absolute Gasteiger partial charge is 0.379 e. The van der Waals surface area contributed by atoms with Gasteiger partial charge in [0.15, 0.2) is 0 Å². The standard InChI is InChI=1S/C19H30ClN3O3S/c1-27(24,25)23(9-8-21-10-12-26-13-11-21)19-6-3-7-22(16-19)15-17-4-2-5-18(20)14-17/h2,4-5,14,19H,3,6-13,15-16H2,1H3/t19-/m0/s1. The van der Waals surface area contributed by atoms with Gasteiger partial charge in [-0.05, 0) is 37.1 Å². The number of benzene rings is 1. The Morgan fingerprint density at radius 2 is 2.00 bits per heavy atom. The van der Waals surface area contributed by atoms with E-state index in [1.54, 1.807) is 4.31 Å². The zero-order valence-electron chi connectivity index (χ0n) is 16.0. The third kappa shape index (κ3) is 6.41. The number of ether oxygens (including phenoxy) is 1. The lowest BCUT2D eigenvalue weighted by molar-refractivity contribution is 0.0337. The second kappa shape index (κ2) is 9.67. The average Bonchev–Trinajstić information content (AvgIpc) is 2.62. The number of likely N-dealkylation sites (tertiary alicyclic amines) is 1. The predicted octanol–water partition coefficient (Wildman–Crippen LogP) is 1.90. The number of sulfonamides is 1. The summed E-state index contributed by atoms with van der Waals surface area (Å²) in [5.74, 6) is 0. The third-order valence-corrected chi connectivity index (χ3v) is 6.92. The van der Waals surface area contributed by atoms with Crippen LogP contribution in [0.25, 0.3) is 0 Å². The molecule has 8 heteroatoms. The highest BCUT2D eigenvalue weighted by molar-refractivity contribution is 7.88. The van der Waals surface area contributed by atoms with Crippen molar-refractivity contribution in [1.29, 1.82) is 0 Å². The molecule has 0 amide bonds. The molecule has 1 aromatic rings. The smallest absolute Gasteiger partial charge is 0.211 e. The summed E-state index contributed by atoms with van der Waals surface area (Å²) >= 11 is 6.10. The van der Waals surface area contributed by atoms with E-state index in [1.807, 2.05) is 18.2 Å². The van der Waals surface area contributed by atoms with Crippen LogP contribution < -0.4 is 0 Å². The van der Waals surface area contributed by atoms with Crippen LogP contribution >= 0.6 is 11.6 Å². The Kier molecular flexibility index (Phi) is 7.53. The molecule has 152 valence electrons. The van der Waals surface area contributed by atoms with Crippen molar-refractivity contribution in [2.75, 3.05) is 58.7 Å². The summed E-state index contributed by atoms with van der Waals surface area (Å²) in [6.45, 7) is 7.10. The van der Waals surface area contributed by atoms with Gasteiger partial charge in [-0.1, -0.05) is 23.7 Å². The van der Waals surface area contributed by atoms with Crippen LogP contribution in [0.4, 0.5) is 0 Å². The van der Waals surface area contributed by atoms with Crippen molar-refractivity contribution in [1.82, 2.24) is 14.1 Å². The summed E-state index contributed by atoms with van der Waals surface area (Å²) in [6.07, 6.45) is 3.26. The number of hydrogen-bond acceptors (Lipinski definition) is 5. The SMILES string of the molecule is CS(=O)(=O)N(CCN1CCOCC1)[C@H]1CCCN(Cc2cccc(Cl)c2)C1. The first-order chi connectivity index (χ1) is 12.9. The van der Waals surface area contributed by atoms with Crippen LogP contribution in [0.15, 0.2) is 24.3 Å². The first kappa shape index (κ1) is 21.0. The zero-order valence-corrected chi connectivity index (χ0v) is 17.6. The van der Waals surface area contributed by atoms with Gasteiger partial charge in [-0.25, -0.2) is 8.42 Å². The van der Waals surface area contributed by atoms with Crippen LogP contribution in [0.2, 0.25) is 5.02 Å². The molecule has 0 saturated carbocycles. The summed E-state index contributed by atoms with van der Waals surface area (Å²) in [5, 5.41) is 0.740. The number of nitrogens with zero attached hydrogens (tertiary/aromatic N) is 3. The van der Waals surface area contributed by atoms with Crippen molar-refractivity contribution in [3.63, 3.8) is 0 Å². The Balaban J connectivity index is 1.61. The van der Waals surface area contributed by atoms with Crippen LogP contribution in [-0.2, 0) is 21.3 Å². The average molecular weight is 416 g/mol. The highest BCUT2D eigenvalue weighted by Gasteiger charge is 2.31. The van der Waals surface area contributed by atoms with Crippen molar-refractivity contribution in [2.24, 2.45) is 0 Å². The molecule has 0 radical (unpaired) electrons. The van der Waals surface area contributed by atoms with Gasteiger partial charge in [-0.15, -0.1) is 0 Å². The summed E-state index contributed by atoms with van der Waals surface area (Å²) < 4.78 is 32.0. The lowest BCUT2D eigenvalue weighted by Crippen LogP contribution is -2.52. The van der Waals surface area contributed by atoms with Crippen LogP contribution in [-0.4, -0.2) is 87.3 Å². The molecular weight excluding hydrogens is 386 g/mol. The monoisotopic (exact) mass is 415 g/mol. The molecule has 3 rings (SSSR count). The number of morpholine rings is 1. The molecule has 0 bridgehead atoms. The minimum absolute atomic E-state index is 0.0361. The zero-order chi connectivity index (χ0) is 19.3. The number of piperidine rings is 1. The highest BCUT2D eigenvalue weighted by Crippen LogP contribution is 2.21. The van der Waals surface area contributed by atoms with E-state index >= 15 is 0 Å². The van der Waals surface area contributed by atoms with Crippen LogP contribution in [0, 0.1) is 0 Å². The number of hydrogen-bond donors (Lipinski definition) is 0. The van der Waals surface area contributed by atoms with Crippen molar-refractivity contribution >= 4 is 21.6 Å². The predicted molar refractivity (Wildman–Crippen MR) is 109 cm³/mol. The Labute approximate surface area is 168 Å². The third-order valence-electron chi connectivity index (χ3n) is 5.35. The van der Waals surface area contributed by atoms with Crippen molar-refractivity contribution in [2.45, 2.75) is 25.4 Å². The van der Waals surface area contributed by atoms with Gasteiger partial charge in [0.05, 0.1) is 19.5 Å². The maximum Gasteiger partial charge on any atom is 0.211 e. The fourth-order valence-electron chi connectivity index (χ4n) is 3.99. The van der Waals surface area contributed by atoms with Gasteiger partial charge in [0, 0.05) is 50.3 Å². The second-order valence-electron chi connectivity index (χ2n) is 7.49. The molecule has 2 aliphatic heterocycles. The van der Waals surface area contributed by atoms with Gasteiger partial charge >= 0.3 is 0 Å². The van der Waals surface area contributed by atoms with E-state index in [0.717, 1.165) is 70.3 Å². The van der Waals surface area contributed by atoms with Crippen LogP contribution in [0.1, 0.15) is 18.4 Å². The molecule has 0 N–H and O–H groups in total. The highest BCUT2D eigenvalue weighted by atomic mass is 35.5. The molecule has 27 heavy (non-hydrogen) atoms. The van der Waals surface area contributed by atoms with Gasteiger partial charge in [-0.3, -0.25) is 9.80 Å². The van der Waals surface area contributed by atoms with E-state index in [2.05, 4.69) is 15.9 Å². The summed E-state index contributed by atoms with van der Waals surface area (Å²) in [7, 11) is -3.24. The normalized spacial score (nSPS) is 23.0. The molecular formula is C19H30ClN3O3S. The molecule has 0 unspecified atom stereocenters. The van der Waals surface area contributed by atoms with Gasteiger partial charge in [0.25, 0.3) is 0 Å². The lowest BCUT2D eigenvalue weighted by Gasteiger charge is -2.39. The molecule has 0 spiro atoms. The van der Waals surface area contributed by atoms with E-state index in [0.29, 0.717) is 6.54 Å². The van der Waals surface area contributed by atoms with E-state index in [9.17, 15) is 8.42 Å². The molecule has 2 fully saturated rings. The Morgan fingerprint density at radius 1 is 1.22 bits per heavy atom. The number of rotatable bonds is 7. The van der Waals surface area contributed by atoms with E-state index in [1.165, 1.54) is 11.8 Å². The second-order valence-corrected chi connectivity index (χ2v) is 9.86. The van der Waals surface area contributed by atoms with Gasteiger partial charge in [0.2, 0.25) is 10.0 Å². The Hall–Kier alpha value is -0.700. The summed E-state index contributed by atoms with van der Waals surface area (Å²) in [4.78, 5) is 4.63. The first-order valence-corrected chi connectivity index (χ1v) is 11.9. The lowest BCUT2D eigenvalue weighted by atomic mass is 10.0. The maximum absolute atomic E-state index is 12.5. The minimum Gasteiger partial charge on any atom is -0.379 e. The molecule has 1 aromatic carbocycles. The maximum atomic E-state index is 12.5. The van der Waals surface area contributed by atoms with Crippen molar-refractivity contribution in [3.05, 3.63) is 34.9 Å². The Morgan fingerprint density at radius 3 is 2.70 bits per heavy atom. The van der Waals surface area contributed by atoms with E-state index < -0.39 is 10.0 Å². The molecule has 6 nitrogen and oxygen atoms in total. The fraction of sp³-hybridized carbons (Fsp3) is 0.684. The van der Waals surface area contributed by atoms with Crippen LogP contribution in [0.5, 0.6) is 0 Å².